The number of aromatic hydroxyl groups is 1. The van der Waals surface area contributed by atoms with Crippen LogP contribution in [0, 0.1) is 23.7 Å². The maximum absolute atomic E-state index is 12.9. The fourth-order valence-electron chi connectivity index (χ4n) is 6.10. The lowest BCUT2D eigenvalue weighted by atomic mass is 9.63. The highest BCUT2D eigenvalue weighted by atomic mass is 16.6. The molecule has 1 saturated carbocycles. The summed E-state index contributed by atoms with van der Waals surface area (Å²) in [7, 11) is 1.54. The van der Waals surface area contributed by atoms with Crippen molar-refractivity contribution in [2.75, 3.05) is 7.05 Å². The first-order valence-corrected chi connectivity index (χ1v) is 10.8. The Balaban J connectivity index is 1.58. The number of benzene rings is 2. The molecular weight excluding hydrogens is 382 g/mol. The highest BCUT2D eigenvalue weighted by molar-refractivity contribution is 6.05. The van der Waals surface area contributed by atoms with Gasteiger partial charge in [0.25, 0.3) is 0 Å². The third kappa shape index (κ3) is 2.56. The predicted octanol–water partition coefficient (Wildman–Crippen LogP) is 3.36. The normalized spacial score (nSPS) is 35.7. The Morgan fingerprint density at radius 3 is 2.57 bits per heavy atom. The summed E-state index contributed by atoms with van der Waals surface area (Å²) in [4.78, 5) is 26.8. The molecule has 2 aromatic rings. The molecule has 5 rings (SSSR count). The number of ether oxygens (including phenoxy) is 1. The van der Waals surface area contributed by atoms with Crippen LogP contribution in [0.25, 0.3) is 10.8 Å². The maximum Gasteiger partial charge on any atom is 0.233 e. The van der Waals surface area contributed by atoms with Crippen LogP contribution in [0.1, 0.15) is 44.3 Å². The summed E-state index contributed by atoms with van der Waals surface area (Å²) in [6, 6.07) is 11.1. The van der Waals surface area contributed by atoms with Crippen LogP contribution >= 0.6 is 0 Å². The van der Waals surface area contributed by atoms with E-state index in [-0.39, 0.29) is 29.4 Å². The molecule has 6 heteroatoms. The molecular formula is C24H27NO5. The molecule has 2 saturated heterocycles. The number of nitrogens with zero attached hydrogens (tertiary/aromatic N) is 1. The molecule has 3 fully saturated rings. The van der Waals surface area contributed by atoms with Gasteiger partial charge in [-0.15, -0.1) is 0 Å². The third-order valence-corrected chi connectivity index (χ3v) is 7.50. The van der Waals surface area contributed by atoms with E-state index < -0.39 is 23.7 Å². The summed E-state index contributed by atoms with van der Waals surface area (Å²) >= 11 is 0. The van der Waals surface area contributed by atoms with Crippen LogP contribution in [0.15, 0.2) is 36.4 Å². The van der Waals surface area contributed by atoms with Crippen molar-refractivity contribution < 1.29 is 24.5 Å². The average molecular weight is 409 g/mol. The van der Waals surface area contributed by atoms with Crippen molar-refractivity contribution in [1.29, 1.82) is 0 Å². The summed E-state index contributed by atoms with van der Waals surface area (Å²) in [6.45, 7) is 2.05. The van der Waals surface area contributed by atoms with Crippen LogP contribution in [0.2, 0.25) is 0 Å². The van der Waals surface area contributed by atoms with Gasteiger partial charge in [0.05, 0.1) is 17.9 Å². The smallest absolute Gasteiger partial charge is 0.233 e. The molecule has 0 unspecified atom stereocenters. The van der Waals surface area contributed by atoms with Gasteiger partial charge in [-0.05, 0) is 36.3 Å². The Labute approximate surface area is 175 Å². The summed E-state index contributed by atoms with van der Waals surface area (Å²) in [5.74, 6) is -3.09. The molecule has 0 aromatic heterocycles. The fraction of sp³-hybridized carbons (Fsp3) is 0.500. The fourth-order valence-corrected chi connectivity index (χ4v) is 6.10. The van der Waals surface area contributed by atoms with Gasteiger partial charge in [-0.25, -0.2) is 0 Å². The Morgan fingerprint density at radius 1 is 1.10 bits per heavy atom. The zero-order valence-electron chi connectivity index (χ0n) is 17.2. The lowest BCUT2D eigenvalue weighted by Crippen LogP contribution is -2.53. The van der Waals surface area contributed by atoms with Crippen molar-refractivity contribution in [3.8, 4) is 5.75 Å². The molecule has 1 aliphatic carbocycles. The zero-order valence-corrected chi connectivity index (χ0v) is 17.2. The van der Waals surface area contributed by atoms with Gasteiger partial charge in [-0.1, -0.05) is 43.7 Å². The lowest BCUT2D eigenvalue weighted by Gasteiger charge is -2.44. The molecule has 2 heterocycles. The second-order valence-electron chi connectivity index (χ2n) is 9.01. The number of amides is 2. The van der Waals surface area contributed by atoms with Crippen LogP contribution in [0.3, 0.4) is 0 Å². The van der Waals surface area contributed by atoms with Crippen molar-refractivity contribution in [3.05, 3.63) is 42.0 Å². The largest absolute Gasteiger partial charge is 0.507 e. The number of imide groups is 1. The van der Waals surface area contributed by atoms with E-state index in [0.717, 1.165) is 29.2 Å². The number of hydrogen-bond donors (Lipinski definition) is 2. The van der Waals surface area contributed by atoms with Gasteiger partial charge in [0.1, 0.15) is 5.75 Å². The van der Waals surface area contributed by atoms with Crippen LogP contribution in [-0.2, 0) is 14.3 Å². The summed E-state index contributed by atoms with van der Waals surface area (Å²) in [5, 5.41) is 23.6. The van der Waals surface area contributed by atoms with Crippen molar-refractivity contribution in [2.24, 2.45) is 23.7 Å². The summed E-state index contributed by atoms with van der Waals surface area (Å²) in [5.41, 5.74) is 0.892. The van der Waals surface area contributed by atoms with Gasteiger partial charge in [0.2, 0.25) is 11.8 Å². The molecule has 2 N–H and O–H groups in total. The van der Waals surface area contributed by atoms with Gasteiger partial charge in [0.15, 0.2) is 5.79 Å². The molecule has 0 spiro atoms. The molecule has 0 bridgehead atoms. The standard InChI is InChI=1S/C24H27NO5/c1-3-6-13-11-17-21(23(28)25(2)22(17)27)18-12-20(30-24(13,18)29)16-9-10-19(26)15-8-5-4-7-14(15)16/h4-5,7-10,13,17-18,20-21,26,29H,3,6,11-12H2,1-2H3/t13-,17-,18-,20-,21-,24+/m0/s1. The molecule has 2 aliphatic heterocycles. The highest BCUT2D eigenvalue weighted by Gasteiger charge is 2.66. The molecule has 6 nitrogen and oxygen atoms in total. The van der Waals surface area contributed by atoms with E-state index in [1.165, 1.54) is 11.9 Å². The number of phenols is 1. The number of fused-ring (bicyclic) bond motifs is 4. The second kappa shape index (κ2) is 6.79. The van der Waals surface area contributed by atoms with E-state index in [1.54, 1.807) is 6.07 Å². The van der Waals surface area contributed by atoms with Gasteiger partial charge in [-0.3, -0.25) is 14.5 Å². The van der Waals surface area contributed by atoms with Gasteiger partial charge in [-0.2, -0.15) is 0 Å². The Morgan fingerprint density at radius 2 is 1.83 bits per heavy atom. The number of hydrogen-bond acceptors (Lipinski definition) is 5. The molecule has 0 radical (unpaired) electrons. The molecule has 2 amide bonds. The van der Waals surface area contributed by atoms with E-state index in [1.807, 2.05) is 30.3 Å². The van der Waals surface area contributed by atoms with E-state index >= 15 is 0 Å². The maximum atomic E-state index is 12.9. The first kappa shape index (κ1) is 19.5. The van der Waals surface area contributed by atoms with Crippen LogP contribution in [0.4, 0.5) is 0 Å². The minimum absolute atomic E-state index is 0.133. The Bertz CT molecular complexity index is 1040. The SMILES string of the molecule is CCC[C@H]1C[C@@H]2C(=O)N(C)C(=O)[C@@H]2[C@@H]2C[C@@H](c3ccc(O)c4ccccc34)O[C@]12O. The molecule has 158 valence electrons. The minimum atomic E-state index is -1.43. The van der Waals surface area contributed by atoms with E-state index in [0.29, 0.717) is 12.8 Å². The number of phenolic OH excluding ortho intramolecular Hbond substituents is 1. The van der Waals surface area contributed by atoms with Crippen molar-refractivity contribution >= 4 is 22.6 Å². The highest BCUT2D eigenvalue weighted by Crippen LogP contribution is 2.59. The molecule has 2 aromatic carbocycles. The van der Waals surface area contributed by atoms with Crippen LogP contribution in [0.5, 0.6) is 5.75 Å². The monoisotopic (exact) mass is 409 g/mol. The first-order valence-electron chi connectivity index (χ1n) is 10.8. The quantitative estimate of drug-likeness (QED) is 0.759. The molecule has 3 aliphatic rings. The summed E-state index contributed by atoms with van der Waals surface area (Å²) < 4.78 is 6.37. The van der Waals surface area contributed by atoms with E-state index in [2.05, 4.69) is 6.92 Å². The van der Waals surface area contributed by atoms with Crippen LogP contribution in [-0.4, -0.2) is 39.8 Å². The topological polar surface area (TPSA) is 87.1 Å². The number of rotatable bonds is 3. The Kier molecular flexibility index (Phi) is 4.42. The molecule has 6 atom stereocenters. The van der Waals surface area contributed by atoms with E-state index in [9.17, 15) is 19.8 Å². The zero-order chi connectivity index (χ0) is 21.2. The second-order valence-corrected chi connectivity index (χ2v) is 9.01. The number of aliphatic hydroxyl groups is 1. The third-order valence-electron chi connectivity index (χ3n) is 7.50. The number of carbonyl (C=O) groups is 2. The van der Waals surface area contributed by atoms with Gasteiger partial charge in [0, 0.05) is 24.3 Å². The van der Waals surface area contributed by atoms with Crippen LogP contribution < -0.4 is 0 Å². The number of carbonyl (C=O) groups excluding carboxylic acids is 2. The van der Waals surface area contributed by atoms with E-state index in [4.69, 9.17) is 4.74 Å². The van der Waals surface area contributed by atoms with Crippen molar-refractivity contribution in [1.82, 2.24) is 4.90 Å². The van der Waals surface area contributed by atoms with Crippen molar-refractivity contribution in [3.63, 3.8) is 0 Å². The summed E-state index contributed by atoms with van der Waals surface area (Å²) in [6.07, 6.45) is 2.15. The first-order chi connectivity index (χ1) is 14.4. The Hall–Kier alpha value is -2.44. The predicted molar refractivity (Wildman–Crippen MR) is 110 cm³/mol. The average Bonchev–Trinajstić information content (AvgIpc) is 3.20. The van der Waals surface area contributed by atoms with Gasteiger partial charge >= 0.3 is 0 Å². The van der Waals surface area contributed by atoms with Gasteiger partial charge < -0.3 is 14.9 Å². The number of likely N-dealkylation sites (tertiary alicyclic amines) is 1. The van der Waals surface area contributed by atoms with Crippen molar-refractivity contribution in [2.45, 2.75) is 44.5 Å². The lowest BCUT2D eigenvalue weighted by molar-refractivity contribution is -0.269. The molecule has 30 heavy (non-hydrogen) atoms. The minimum Gasteiger partial charge on any atom is -0.507 e.